The third kappa shape index (κ3) is 4.09. The molecule has 0 fully saturated rings. The molecule has 0 aliphatic rings. The first kappa shape index (κ1) is 15.6. The maximum atomic E-state index is 13.1. The van der Waals surface area contributed by atoms with E-state index in [1.807, 2.05) is 0 Å². The Hall–Kier alpha value is -2.82. The number of benzene rings is 2. The zero-order valence-electron chi connectivity index (χ0n) is 12.0. The number of hydrogen-bond donors (Lipinski definition) is 2. The number of carbonyl (C=O) groups is 1. The second kappa shape index (κ2) is 7.26. The number of amides is 1. The van der Waals surface area contributed by atoms with Crippen molar-refractivity contribution in [1.29, 1.82) is 0 Å². The summed E-state index contributed by atoms with van der Waals surface area (Å²) in [6.07, 6.45) is 1.59. The van der Waals surface area contributed by atoms with Crippen molar-refractivity contribution < 1.29 is 13.9 Å². The summed E-state index contributed by atoms with van der Waals surface area (Å²) in [5.41, 5.74) is 7.37. The fraction of sp³-hybridized carbons (Fsp3) is 0.118. The van der Waals surface area contributed by atoms with Crippen molar-refractivity contribution in [3.63, 3.8) is 0 Å². The van der Waals surface area contributed by atoms with E-state index in [1.165, 1.54) is 12.1 Å². The second-order valence-electron chi connectivity index (χ2n) is 4.67. The first-order valence-corrected chi connectivity index (χ1v) is 6.76. The topological polar surface area (TPSA) is 64.4 Å². The molecule has 0 saturated carbocycles. The number of anilines is 1. The van der Waals surface area contributed by atoms with Crippen LogP contribution in [0.3, 0.4) is 0 Å². The lowest BCUT2D eigenvalue weighted by Crippen LogP contribution is -2.23. The lowest BCUT2D eigenvalue weighted by atomic mass is 10.1. The summed E-state index contributed by atoms with van der Waals surface area (Å²) in [4.78, 5) is 11.9. The Balaban J connectivity index is 2.09. The van der Waals surface area contributed by atoms with Crippen LogP contribution in [0.4, 0.5) is 10.1 Å². The molecule has 4 nitrogen and oxygen atoms in total. The minimum atomic E-state index is -0.327. The van der Waals surface area contributed by atoms with Gasteiger partial charge in [0.2, 0.25) is 0 Å². The molecule has 0 aliphatic carbocycles. The van der Waals surface area contributed by atoms with Crippen molar-refractivity contribution in [2.24, 2.45) is 0 Å². The number of halogens is 1. The molecule has 5 heteroatoms. The average molecular weight is 300 g/mol. The molecule has 0 bridgehead atoms. The van der Waals surface area contributed by atoms with Gasteiger partial charge in [-0.05, 0) is 35.9 Å². The van der Waals surface area contributed by atoms with Gasteiger partial charge in [0, 0.05) is 12.1 Å². The molecule has 22 heavy (non-hydrogen) atoms. The van der Waals surface area contributed by atoms with Gasteiger partial charge in [0.1, 0.15) is 18.2 Å². The van der Waals surface area contributed by atoms with Gasteiger partial charge in [-0.2, -0.15) is 0 Å². The summed E-state index contributed by atoms with van der Waals surface area (Å²) in [5.74, 6) is -0.183. The highest BCUT2D eigenvalue weighted by atomic mass is 19.1. The predicted molar refractivity (Wildman–Crippen MR) is 84.1 cm³/mol. The summed E-state index contributed by atoms with van der Waals surface area (Å²) in [6.45, 7) is 4.08. The van der Waals surface area contributed by atoms with Gasteiger partial charge in [-0.15, -0.1) is 6.58 Å². The maximum absolute atomic E-state index is 13.1. The highest BCUT2D eigenvalue weighted by Crippen LogP contribution is 2.24. The van der Waals surface area contributed by atoms with E-state index in [9.17, 15) is 9.18 Å². The Morgan fingerprint density at radius 3 is 2.86 bits per heavy atom. The van der Waals surface area contributed by atoms with Crippen LogP contribution in [0.5, 0.6) is 5.75 Å². The third-order valence-electron chi connectivity index (χ3n) is 2.97. The Kier molecular flexibility index (Phi) is 5.14. The molecular formula is C17H17FN2O2. The quantitative estimate of drug-likeness (QED) is 0.637. The van der Waals surface area contributed by atoms with Crippen molar-refractivity contribution in [2.75, 3.05) is 12.3 Å². The summed E-state index contributed by atoms with van der Waals surface area (Å²) >= 11 is 0. The van der Waals surface area contributed by atoms with Crippen LogP contribution in [0, 0.1) is 5.82 Å². The zero-order valence-corrected chi connectivity index (χ0v) is 12.0. The number of nitrogens with one attached hydrogen (secondary N) is 1. The third-order valence-corrected chi connectivity index (χ3v) is 2.97. The van der Waals surface area contributed by atoms with E-state index >= 15 is 0 Å². The first-order chi connectivity index (χ1) is 10.6. The number of nitrogen functional groups attached to an aromatic ring is 1. The van der Waals surface area contributed by atoms with Crippen LogP contribution in [-0.4, -0.2) is 12.5 Å². The molecule has 2 aromatic carbocycles. The van der Waals surface area contributed by atoms with Crippen LogP contribution >= 0.6 is 0 Å². The van der Waals surface area contributed by atoms with Crippen molar-refractivity contribution in [3.8, 4) is 5.75 Å². The van der Waals surface area contributed by atoms with Crippen LogP contribution in [0.25, 0.3) is 0 Å². The standard InChI is InChI=1S/C17H17FN2O2/c1-2-8-20-17(21)13-6-7-15(19)16(10-13)22-11-12-4-3-5-14(18)9-12/h2-7,9-10H,1,8,11,19H2,(H,20,21). The van der Waals surface area contributed by atoms with Gasteiger partial charge in [0.25, 0.3) is 5.91 Å². The Bertz CT molecular complexity index is 686. The lowest BCUT2D eigenvalue weighted by molar-refractivity contribution is 0.0957. The van der Waals surface area contributed by atoms with E-state index in [0.717, 1.165) is 0 Å². The molecule has 114 valence electrons. The molecule has 2 rings (SSSR count). The molecule has 0 heterocycles. The SMILES string of the molecule is C=CCNC(=O)c1ccc(N)c(OCc2cccc(F)c2)c1. The van der Waals surface area contributed by atoms with Crippen molar-refractivity contribution in [3.05, 3.63) is 72.1 Å². The Labute approximate surface area is 128 Å². The molecule has 0 aliphatic heterocycles. The van der Waals surface area contributed by atoms with E-state index in [4.69, 9.17) is 10.5 Å². The summed E-state index contributed by atoms with van der Waals surface area (Å²) in [6, 6.07) is 10.9. The highest BCUT2D eigenvalue weighted by molar-refractivity contribution is 5.95. The predicted octanol–water partition coefficient (Wildman–Crippen LogP) is 2.90. The largest absolute Gasteiger partial charge is 0.487 e. The van der Waals surface area contributed by atoms with Crippen molar-refractivity contribution >= 4 is 11.6 Å². The second-order valence-corrected chi connectivity index (χ2v) is 4.67. The Morgan fingerprint density at radius 2 is 2.14 bits per heavy atom. The minimum absolute atomic E-state index is 0.166. The van der Waals surface area contributed by atoms with Gasteiger partial charge >= 0.3 is 0 Å². The van der Waals surface area contributed by atoms with Gasteiger partial charge in [0.05, 0.1) is 5.69 Å². The average Bonchev–Trinajstić information content (AvgIpc) is 2.52. The first-order valence-electron chi connectivity index (χ1n) is 6.76. The molecule has 0 saturated heterocycles. The highest BCUT2D eigenvalue weighted by Gasteiger charge is 2.09. The Morgan fingerprint density at radius 1 is 1.32 bits per heavy atom. The lowest BCUT2D eigenvalue weighted by Gasteiger charge is -2.11. The normalized spacial score (nSPS) is 10.0. The van der Waals surface area contributed by atoms with Crippen LogP contribution in [-0.2, 0) is 6.61 Å². The van der Waals surface area contributed by atoms with Gasteiger partial charge in [0.15, 0.2) is 0 Å². The fourth-order valence-electron chi connectivity index (χ4n) is 1.86. The smallest absolute Gasteiger partial charge is 0.251 e. The summed E-state index contributed by atoms with van der Waals surface area (Å²) < 4.78 is 18.7. The molecule has 1 amide bonds. The summed E-state index contributed by atoms with van der Waals surface area (Å²) in [7, 11) is 0. The number of ether oxygens (including phenoxy) is 1. The molecule has 0 radical (unpaired) electrons. The van der Waals surface area contributed by atoms with E-state index < -0.39 is 0 Å². The van der Waals surface area contributed by atoms with Crippen molar-refractivity contribution in [1.82, 2.24) is 5.32 Å². The number of nitrogens with two attached hydrogens (primary N) is 1. The number of hydrogen-bond acceptors (Lipinski definition) is 3. The number of carbonyl (C=O) groups excluding carboxylic acids is 1. The molecule has 0 atom stereocenters. The summed E-state index contributed by atoms with van der Waals surface area (Å²) in [5, 5.41) is 2.67. The minimum Gasteiger partial charge on any atom is -0.487 e. The zero-order chi connectivity index (χ0) is 15.9. The van der Waals surface area contributed by atoms with Crippen LogP contribution in [0.1, 0.15) is 15.9 Å². The van der Waals surface area contributed by atoms with E-state index in [1.54, 1.807) is 36.4 Å². The molecule has 0 aromatic heterocycles. The van der Waals surface area contributed by atoms with Gasteiger partial charge in [-0.25, -0.2) is 4.39 Å². The van der Waals surface area contributed by atoms with Gasteiger partial charge in [-0.3, -0.25) is 4.79 Å². The van der Waals surface area contributed by atoms with Crippen LogP contribution in [0.15, 0.2) is 55.1 Å². The molecule has 3 N–H and O–H groups in total. The molecular weight excluding hydrogens is 283 g/mol. The molecule has 0 unspecified atom stereocenters. The monoisotopic (exact) mass is 300 g/mol. The van der Waals surface area contributed by atoms with E-state index in [2.05, 4.69) is 11.9 Å². The molecule has 0 spiro atoms. The van der Waals surface area contributed by atoms with Crippen LogP contribution < -0.4 is 15.8 Å². The van der Waals surface area contributed by atoms with E-state index in [0.29, 0.717) is 29.1 Å². The van der Waals surface area contributed by atoms with Gasteiger partial charge in [-0.1, -0.05) is 18.2 Å². The van der Waals surface area contributed by atoms with Gasteiger partial charge < -0.3 is 15.8 Å². The fourth-order valence-corrected chi connectivity index (χ4v) is 1.86. The van der Waals surface area contributed by atoms with Crippen molar-refractivity contribution in [2.45, 2.75) is 6.61 Å². The molecule has 2 aromatic rings. The van der Waals surface area contributed by atoms with E-state index in [-0.39, 0.29) is 18.3 Å². The number of rotatable bonds is 6. The maximum Gasteiger partial charge on any atom is 0.251 e. The van der Waals surface area contributed by atoms with Crippen LogP contribution in [0.2, 0.25) is 0 Å².